The summed E-state index contributed by atoms with van der Waals surface area (Å²) in [5, 5.41) is 2.06. The predicted molar refractivity (Wildman–Crippen MR) is 58.0 cm³/mol. The molecule has 4 heteroatoms. The van der Waals surface area contributed by atoms with Gasteiger partial charge in [-0.3, -0.25) is 0 Å². The van der Waals surface area contributed by atoms with E-state index in [9.17, 15) is 0 Å². The summed E-state index contributed by atoms with van der Waals surface area (Å²) in [7, 11) is 0. The van der Waals surface area contributed by atoms with Gasteiger partial charge in [-0.2, -0.15) is 0 Å². The minimum Gasteiger partial charge on any atom is -0.324 e. The zero-order chi connectivity index (χ0) is 9.97. The van der Waals surface area contributed by atoms with E-state index in [0.29, 0.717) is 12.4 Å². The fourth-order valence-corrected chi connectivity index (χ4v) is 2.16. The molecule has 0 bridgehead atoms. The molecule has 0 aromatic carbocycles. The summed E-state index contributed by atoms with van der Waals surface area (Å²) in [5.74, 6) is 0.690. The van der Waals surface area contributed by atoms with E-state index in [1.165, 1.54) is 10.4 Å². The Morgan fingerprint density at radius 1 is 1.43 bits per heavy atom. The second kappa shape index (κ2) is 3.86. The third kappa shape index (κ3) is 1.66. The van der Waals surface area contributed by atoms with E-state index < -0.39 is 0 Å². The molecular weight excluding hydrogens is 194 g/mol. The Kier molecular flexibility index (Phi) is 2.56. The lowest BCUT2D eigenvalue weighted by molar-refractivity contribution is 0.912. The molecule has 0 saturated carbocycles. The number of nitrogens with zero attached hydrogens (tertiary/aromatic N) is 2. The number of nitrogens with two attached hydrogens (primary N) is 1. The average Bonchev–Trinajstić information content (AvgIpc) is 2.65. The van der Waals surface area contributed by atoms with E-state index in [-0.39, 0.29) is 0 Å². The van der Waals surface area contributed by atoms with Gasteiger partial charge >= 0.3 is 0 Å². The van der Waals surface area contributed by atoms with Crippen molar-refractivity contribution in [2.24, 2.45) is 5.73 Å². The summed E-state index contributed by atoms with van der Waals surface area (Å²) in [6, 6.07) is 4.00. The monoisotopic (exact) mass is 205 g/mol. The quantitative estimate of drug-likeness (QED) is 0.815. The van der Waals surface area contributed by atoms with Crippen molar-refractivity contribution in [2.45, 2.75) is 13.5 Å². The molecule has 72 valence electrons. The van der Waals surface area contributed by atoms with Crippen molar-refractivity contribution in [3.63, 3.8) is 0 Å². The molecule has 0 amide bonds. The maximum Gasteiger partial charge on any atom is 0.142 e. The SMILES string of the molecule is Cc1ccsc1-c1ccnc(CN)n1. The highest BCUT2D eigenvalue weighted by atomic mass is 32.1. The van der Waals surface area contributed by atoms with E-state index in [2.05, 4.69) is 28.3 Å². The Morgan fingerprint density at radius 2 is 2.29 bits per heavy atom. The van der Waals surface area contributed by atoms with Gasteiger partial charge in [0.05, 0.1) is 17.1 Å². The number of aryl methyl sites for hydroxylation is 1. The van der Waals surface area contributed by atoms with Crippen molar-refractivity contribution in [3.05, 3.63) is 35.1 Å². The van der Waals surface area contributed by atoms with Gasteiger partial charge < -0.3 is 5.73 Å². The van der Waals surface area contributed by atoms with Crippen molar-refractivity contribution < 1.29 is 0 Å². The van der Waals surface area contributed by atoms with Gasteiger partial charge in [-0.05, 0) is 30.0 Å². The van der Waals surface area contributed by atoms with Gasteiger partial charge in [-0.25, -0.2) is 9.97 Å². The minimum absolute atomic E-state index is 0.387. The van der Waals surface area contributed by atoms with E-state index in [1.54, 1.807) is 17.5 Å². The minimum atomic E-state index is 0.387. The van der Waals surface area contributed by atoms with Crippen LogP contribution < -0.4 is 5.73 Å². The van der Waals surface area contributed by atoms with Crippen LogP contribution in [0.1, 0.15) is 11.4 Å². The molecule has 0 unspecified atom stereocenters. The van der Waals surface area contributed by atoms with E-state index in [4.69, 9.17) is 5.73 Å². The normalized spacial score (nSPS) is 10.4. The molecule has 0 aliphatic rings. The molecule has 0 fully saturated rings. The first-order chi connectivity index (χ1) is 6.81. The first-order valence-electron chi connectivity index (χ1n) is 4.37. The number of thiophene rings is 1. The lowest BCUT2D eigenvalue weighted by Crippen LogP contribution is -2.02. The van der Waals surface area contributed by atoms with Crippen molar-refractivity contribution >= 4 is 11.3 Å². The van der Waals surface area contributed by atoms with Crippen molar-refractivity contribution in [2.75, 3.05) is 0 Å². The number of hydrogen-bond donors (Lipinski definition) is 1. The molecule has 2 rings (SSSR count). The smallest absolute Gasteiger partial charge is 0.142 e. The average molecular weight is 205 g/mol. The van der Waals surface area contributed by atoms with Crippen LogP contribution in [0, 0.1) is 6.92 Å². The van der Waals surface area contributed by atoms with Gasteiger partial charge in [0.2, 0.25) is 0 Å². The topological polar surface area (TPSA) is 51.8 Å². The van der Waals surface area contributed by atoms with Crippen molar-refractivity contribution in [3.8, 4) is 10.6 Å². The number of hydrogen-bond acceptors (Lipinski definition) is 4. The molecule has 2 heterocycles. The highest BCUT2D eigenvalue weighted by molar-refractivity contribution is 7.13. The Hall–Kier alpha value is -1.26. The Labute approximate surface area is 86.6 Å². The molecule has 2 N–H and O–H groups in total. The van der Waals surface area contributed by atoms with Crippen LogP contribution in [0.2, 0.25) is 0 Å². The fraction of sp³-hybridized carbons (Fsp3) is 0.200. The highest BCUT2D eigenvalue weighted by Gasteiger charge is 2.05. The van der Waals surface area contributed by atoms with Crippen LogP contribution in [0.4, 0.5) is 0 Å². The molecule has 0 aliphatic heterocycles. The Balaban J connectivity index is 2.47. The molecule has 0 spiro atoms. The molecule has 0 atom stereocenters. The van der Waals surface area contributed by atoms with Crippen LogP contribution in [0.15, 0.2) is 23.7 Å². The van der Waals surface area contributed by atoms with Crippen LogP contribution in [0.5, 0.6) is 0 Å². The van der Waals surface area contributed by atoms with Gasteiger partial charge in [-0.15, -0.1) is 11.3 Å². The van der Waals surface area contributed by atoms with Crippen LogP contribution in [-0.2, 0) is 6.54 Å². The van der Waals surface area contributed by atoms with Crippen LogP contribution >= 0.6 is 11.3 Å². The van der Waals surface area contributed by atoms with E-state index >= 15 is 0 Å². The van der Waals surface area contributed by atoms with Gasteiger partial charge in [0, 0.05) is 6.20 Å². The van der Waals surface area contributed by atoms with Gasteiger partial charge in [0.25, 0.3) is 0 Å². The zero-order valence-corrected chi connectivity index (χ0v) is 8.71. The molecule has 0 radical (unpaired) electrons. The first kappa shape index (κ1) is 9.30. The zero-order valence-electron chi connectivity index (χ0n) is 7.90. The third-order valence-corrected chi connectivity index (χ3v) is 3.02. The fourth-order valence-electron chi connectivity index (χ4n) is 1.26. The highest BCUT2D eigenvalue weighted by Crippen LogP contribution is 2.26. The Bertz CT molecular complexity index is 436. The second-order valence-electron chi connectivity index (χ2n) is 2.99. The molecule has 3 nitrogen and oxygen atoms in total. The predicted octanol–water partition coefficient (Wildman–Crippen LogP) is 1.97. The lowest BCUT2D eigenvalue weighted by Gasteiger charge is -2.00. The van der Waals surface area contributed by atoms with Crippen LogP contribution in [0.3, 0.4) is 0 Å². The lowest BCUT2D eigenvalue weighted by atomic mass is 10.2. The van der Waals surface area contributed by atoms with Gasteiger partial charge in [0.15, 0.2) is 0 Å². The summed E-state index contributed by atoms with van der Waals surface area (Å²) in [5.41, 5.74) is 7.70. The van der Waals surface area contributed by atoms with Crippen molar-refractivity contribution in [1.29, 1.82) is 0 Å². The molecular formula is C10H11N3S. The first-order valence-corrected chi connectivity index (χ1v) is 5.25. The second-order valence-corrected chi connectivity index (χ2v) is 3.91. The molecule has 14 heavy (non-hydrogen) atoms. The standard InChI is InChI=1S/C10H11N3S/c1-7-3-5-14-10(7)8-2-4-12-9(6-11)13-8/h2-5H,6,11H2,1H3. The Morgan fingerprint density at radius 3 is 2.93 bits per heavy atom. The third-order valence-electron chi connectivity index (χ3n) is 1.98. The number of rotatable bonds is 2. The van der Waals surface area contributed by atoms with Gasteiger partial charge in [0.1, 0.15) is 5.82 Å². The van der Waals surface area contributed by atoms with E-state index in [0.717, 1.165) is 5.69 Å². The molecule has 0 aliphatic carbocycles. The maximum absolute atomic E-state index is 5.49. The summed E-state index contributed by atoms with van der Waals surface area (Å²) in [4.78, 5) is 9.63. The van der Waals surface area contributed by atoms with Gasteiger partial charge in [-0.1, -0.05) is 0 Å². The number of aromatic nitrogens is 2. The summed E-state index contributed by atoms with van der Waals surface area (Å²) in [6.45, 7) is 2.47. The molecule has 0 saturated heterocycles. The summed E-state index contributed by atoms with van der Waals surface area (Å²) in [6.07, 6.45) is 1.75. The molecule has 2 aromatic rings. The molecule has 2 aromatic heterocycles. The van der Waals surface area contributed by atoms with E-state index in [1.807, 2.05) is 6.07 Å². The van der Waals surface area contributed by atoms with Crippen molar-refractivity contribution in [1.82, 2.24) is 9.97 Å². The maximum atomic E-state index is 5.49. The summed E-state index contributed by atoms with van der Waals surface area (Å²) >= 11 is 1.69. The summed E-state index contributed by atoms with van der Waals surface area (Å²) < 4.78 is 0. The largest absolute Gasteiger partial charge is 0.324 e. The van der Waals surface area contributed by atoms with Crippen LogP contribution in [0.25, 0.3) is 10.6 Å². The van der Waals surface area contributed by atoms with Crippen LogP contribution in [-0.4, -0.2) is 9.97 Å².